The molecule has 1 atom stereocenters. The van der Waals surface area contributed by atoms with Crippen LogP contribution in [0.15, 0.2) is 36.4 Å². The summed E-state index contributed by atoms with van der Waals surface area (Å²) in [6.45, 7) is 6.31. The average molecular weight is 315 g/mol. The van der Waals surface area contributed by atoms with Crippen LogP contribution in [0.2, 0.25) is 0 Å². The Labute approximate surface area is 137 Å². The number of rotatable bonds is 7. The van der Waals surface area contributed by atoms with Crippen LogP contribution in [-0.4, -0.2) is 25.2 Å². The molecule has 1 N–H and O–H groups in total. The van der Waals surface area contributed by atoms with Gasteiger partial charge < -0.3 is 14.8 Å². The second kappa shape index (κ2) is 7.47. The van der Waals surface area contributed by atoms with Gasteiger partial charge in [-0.3, -0.25) is 4.79 Å². The van der Waals surface area contributed by atoms with E-state index in [2.05, 4.69) is 5.32 Å². The standard InChI is InChI=1S/C19H25NO3/c1-5-13-19(3,23-6-2)18(21)20-16-11-12-17(22-4)15-10-8-7-9-14(15)16/h7-12H,5-6,13H2,1-4H3,(H,20,21). The third kappa shape index (κ3) is 3.64. The van der Waals surface area contributed by atoms with Crippen molar-refractivity contribution in [2.24, 2.45) is 0 Å². The van der Waals surface area contributed by atoms with Gasteiger partial charge in [0.1, 0.15) is 11.4 Å². The average Bonchev–Trinajstić information content (AvgIpc) is 2.55. The third-order valence-corrected chi connectivity index (χ3v) is 4.02. The summed E-state index contributed by atoms with van der Waals surface area (Å²) in [6.07, 6.45) is 1.56. The molecule has 0 saturated heterocycles. The highest BCUT2D eigenvalue weighted by Gasteiger charge is 2.33. The summed E-state index contributed by atoms with van der Waals surface area (Å²) in [6, 6.07) is 11.6. The molecule has 0 radical (unpaired) electrons. The number of hydrogen-bond donors (Lipinski definition) is 1. The molecule has 4 nitrogen and oxygen atoms in total. The molecule has 0 saturated carbocycles. The predicted molar refractivity (Wildman–Crippen MR) is 94.1 cm³/mol. The Morgan fingerprint density at radius 2 is 1.83 bits per heavy atom. The first kappa shape index (κ1) is 17.3. The van der Waals surface area contributed by atoms with Gasteiger partial charge in [-0.2, -0.15) is 0 Å². The molecular weight excluding hydrogens is 290 g/mol. The number of fused-ring (bicyclic) bond motifs is 1. The second-order valence-electron chi connectivity index (χ2n) is 5.73. The maximum absolute atomic E-state index is 12.7. The molecule has 2 rings (SSSR count). The normalized spacial score (nSPS) is 13.6. The van der Waals surface area contributed by atoms with E-state index in [1.807, 2.05) is 57.2 Å². The van der Waals surface area contributed by atoms with Crippen molar-refractivity contribution in [3.05, 3.63) is 36.4 Å². The first-order valence-electron chi connectivity index (χ1n) is 8.07. The van der Waals surface area contributed by atoms with Crippen molar-refractivity contribution in [1.82, 2.24) is 0 Å². The van der Waals surface area contributed by atoms with Crippen molar-refractivity contribution >= 4 is 22.4 Å². The first-order valence-corrected chi connectivity index (χ1v) is 8.07. The molecule has 0 heterocycles. The van der Waals surface area contributed by atoms with Crippen LogP contribution >= 0.6 is 0 Å². The van der Waals surface area contributed by atoms with Gasteiger partial charge in [0.2, 0.25) is 0 Å². The Bertz CT molecular complexity index is 675. The van der Waals surface area contributed by atoms with Crippen LogP contribution in [-0.2, 0) is 9.53 Å². The lowest BCUT2D eigenvalue weighted by molar-refractivity contribution is -0.139. The minimum atomic E-state index is -0.815. The molecule has 124 valence electrons. The van der Waals surface area contributed by atoms with Gasteiger partial charge in [-0.05, 0) is 32.4 Å². The quantitative estimate of drug-likeness (QED) is 0.824. The van der Waals surface area contributed by atoms with Crippen molar-refractivity contribution in [1.29, 1.82) is 0 Å². The highest BCUT2D eigenvalue weighted by atomic mass is 16.5. The molecule has 0 spiro atoms. The van der Waals surface area contributed by atoms with Crippen LogP contribution < -0.4 is 10.1 Å². The third-order valence-electron chi connectivity index (χ3n) is 4.02. The Hall–Kier alpha value is -2.07. The maximum atomic E-state index is 12.7. The number of carbonyl (C=O) groups is 1. The van der Waals surface area contributed by atoms with E-state index in [9.17, 15) is 4.79 Å². The molecule has 2 aromatic carbocycles. The summed E-state index contributed by atoms with van der Waals surface area (Å²) in [5.41, 5.74) is -0.0433. The van der Waals surface area contributed by atoms with Crippen LogP contribution in [0.5, 0.6) is 5.75 Å². The first-order chi connectivity index (χ1) is 11.1. The largest absolute Gasteiger partial charge is 0.496 e. The van der Waals surface area contributed by atoms with Gasteiger partial charge in [-0.15, -0.1) is 0 Å². The minimum absolute atomic E-state index is 0.114. The number of methoxy groups -OCH3 is 1. The van der Waals surface area contributed by atoms with E-state index in [0.29, 0.717) is 13.0 Å². The van der Waals surface area contributed by atoms with E-state index in [0.717, 1.165) is 28.6 Å². The van der Waals surface area contributed by atoms with Crippen LogP contribution in [0, 0.1) is 0 Å². The number of carbonyl (C=O) groups excluding carboxylic acids is 1. The molecule has 0 aliphatic rings. The summed E-state index contributed by atoms with van der Waals surface area (Å²) in [7, 11) is 1.65. The summed E-state index contributed by atoms with van der Waals surface area (Å²) in [4.78, 5) is 12.7. The molecule has 0 aromatic heterocycles. The van der Waals surface area contributed by atoms with E-state index in [4.69, 9.17) is 9.47 Å². The van der Waals surface area contributed by atoms with Crippen molar-refractivity contribution in [3.8, 4) is 5.75 Å². The zero-order chi connectivity index (χ0) is 16.9. The Morgan fingerprint density at radius 3 is 2.43 bits per heavy atom. The fourth-order valence-corrected chi connectivity index (χ4v) is 2.86. The molecule has 0 bridgehead atoms. The van der Waals surface area contributed by atoms with Gasteiger partial charge in [0.25, 0.3) is 5.91 Å². The van der Waals surface area contributed by atoms with E-state index >= 15 is 0 Å². The molecule has 0 fully saturated rings. The summed E-state index contributed by atoms with van der Waals surface area (Å²) in [5.74, 6) is 0.677. The van der Waals surface area contributed by atoms with Gasteiger partial charge >= 0.3 is 0 Å². The Kier molecular flexibility index (Phi) is 5.61. The van der Waals surface area contributed by atoms with E-state index in [1.54, 1.807) is 7.11 Å². The van der Waals surface area contributed by atoms with Crippen LogP contribution in [0.1, 0.15) is 33.6 Å². The highest BCUT2D eigenvalue weighted by molar-refractivity contribution is 6.06. The maximum Gasteiger partial charge on any atom is 0.256 e. The van der Waals surface area contributed by atoms with Gasteiger partial charge in [0.15, 0.2) is 0 Å². The molecule has 2 aromatic rings. The lowest BCUT2D eigenvalue weighted by Gasteiger charge is -2.28. The monoisotopic (exact) mass is 315 g/mol. The lowest BCUT2D eigenvalue weighted by atomic mass is 9.98. The zero-order valence-corrected chi connectivity index (χ0v) is 14.3. The van der Waals surface area contributed by atoms with Crippen LogP contribution in [0.3, 0.4) is 0 Å². The number of ether oxygens (including phenoxy) is 2. The molecule has 0 aliphatic heterocycles. The van der Waals surface area contributed by atoms with Crippen molar-refractivity contribution in [2.45, 2.75) is 39.2 Å². The van der Waals surface area contributed by atoms with E-state index in [-0.39, 0.29) is 5.91 Å². The van der Waals surface area contributed by atoms with Crippen molar-refractivity contribution < 1.29 is 14.3 Å². The van der Waals surface area contributed by atoms with Crippen LogP contribution in [0.4, 0.5) is 5.69 Å². The predicted octanol–water partition coefficient (Wildman–Crippen LogP) is 4.38. The van der Waals surface area contributed by atoms with E-state index in [1.165, 1.54) is 0 Å². The number of hydrogen-bond acceptors (Lipinski definition) is 3. The second-order valence-corrected chi connectivity index (χ2v) is 5.73. The molecule has 1 unspecified atom stereocenters. The number of amides is 1. The van der Waals surface area contributed by atoms with Gasteiger partial charge in [0.05, 0.1) is 7.11 Å². The Morgan fingerprint density at radius 1 is 1.13 bits per heavy atom. The SMILES string of the molecule is CCCC(C)(OCC)C(=O)Nc1ccc(OC)c2ccccc12. The van der Waals surface area contributed by atoms with Gasteiger partial charge in [-0.1, -0.05) is 37.6 Å². The molecular formula is C19H25NO3. The molecule has 0 aliphatic carbocycles. The highest BCUT2D eigenvalue weighted by Crippen LogP contribution is 2.32. The molecule has 23 heavy (non-hydrogen) atoms. The van der Waals surface area contributed by atoms with Crippen molar-refractivity contribution in [2.75, 3.05) is 19.0 Å². The van der Waals surface area contributed by atoms with Gasteiger partial charge in [0, 0.05) is 23.1 Å². The Balaban J connectivity index is 2.36. The number of anilines is 1. The number of benzene rings is 2. The van der Waals surface area contributed by atoms with Crippen molar-refractivity contribution in [3.63, 3.8) is 0 Å². The molecule has 4 heteroatoms. The fraction of sp³-hybridized carbons (Fsp3) is 0.421. The summed E-state index contributed by atoms with van der Waals surface area (Å²) < 4.78 is 11.1. The lowest BCUT2D eigenvalue weighted by Crippen LogP contribution is -2.42. The topological polar surface area (TPSA) is 47.6 Å². The zero-order valence-electron chi connectivity index (χ0n) is 14.3. The van der Waals surface area contributed by atoms with E-state index < -0.39 is 5.60 Å². The smallest absolute Gasteiger partial charge is 0.256 e. The fourth-order valence-electron chi connectivity index (χ4n) is 2.86. The minimum Gasteiger partial charge on any atom is -0.496 e. The van der Waals surface area contributed by atoms with Gasteiger partial charge in [-0.25, -0.2) is 0 Å². The van der Waals surface area contributed by atoms with Crippen LogP contribution in [0.25, 0.3) is 10.8 Å². The number of nitrogens with one attached hydrogen (secondary N) is 1. The molecule has 1 amide bonds. The summed E-state index contributed by atoms with van der Waals surface area (Å²) in [5, 5.41) is 4.95. The summed E-state index contributed by atoms with van der Waals surface area (Å²) >= 11 is 0.